The molecule has 6 heteroatoms. The summed E-state index contributed by atoms with van der Waals surface area (Å²) in [6, 6.07) is 12.4. The molecular formula is C20H22N2O4. The number of aryl methyl sites for hydroxylation is 3. The van der Waals surface area contributed by atoms with Gasteiger partial charge in [-0.3, -0.25) is 10.1 Å². The summed E-state index contributed by atoms with van der Waals surface area (Å²) in [7, 11) is 0. The standard InChI is InChI=1S/C20H22N2O4/c1-13-9-14(2)18(15(3)10-13)19(24)26-12-17(23)22-20(25)21-11-16-7-5-4-6-8-16/h4-10H,11-12H2,1-3H3,(H2,21,22,23,25). The van der Waals surface area contributed by atoms with Gasteiger partial charge in [0.05, 0.1) is 5.56 Å². The lowest BCUT2D eigenvalue weighted by atomic mass is 10.00. The molecule has 0 fully saturated rings. The molecule has 2 aromatic carbocycles. The number of hydrogen-bond acceptors (Lipinski definition) is 4. The number of urea groups is 1. The van der Waals surface area contributed by atoms with E-state index in [-0.39, 0.29) is 0 Å². The molecule has 26 heavy (non-hydrogen) atoms. The molecule has 0 aliphatic heterocycles. The van der Waals surface area contributed by atoms with Crippen LogP contribution in [0.1, 0.15) is 32.6 Å². The monoisotopic (exact) mass is 354 g/mol. The molecule has 6 nitrogen and oxygen atoms in total. The maximum absolute atomic E-state index is 12.2. The van der Waals surface area contributed by atoms with Crippen LogP contribution in [0.2, 0.25) is 0 Å². The van der Waals surface area contributed by atoms with Crippen LogP contribution in [0, 0.1) is 20.8 Å². The van der Waals surface area contributed by atoms with Crippen molar-refractivity contribution in [3.63, 3.8) is 0 Å². The summed E-state index contributed by atoms with van der Waals surface area (Å²) in [5, 5.41) is 4.69. The number of hydrogen-bond donors (Lipinski definition) is 2. The van der Waals surface area contributed by atoms with Gasteiger partial charge < -0.3 is 10.1 Å². The molecule has 3 amide bonds. The second-order valence-electron chi connectivity index (χ2n) is 6.07. The van der Waals surface area contributed by atoms with Gasteiger partial charge in [-0.1, -0.05) is 48.0 Å². The van der Waals surface area contributed by atoms with Crippen LogP contribution < -0.4 is 10.6 Å². The zero-order chi connectivity index (χ0) is 19.1. The Morgan fingerprint density at radius 1 is 0.962 bits per heavy atom. The van der Waals surface area contributed by atoms with Gasteiger partial charge in [-0.15, -0.1) is 0 Å². The van der Waals surface area contributed by atoms with E-state index in [1.807, 2.05) is 63.2 Å². The predicted molar refractivity (Wildman–Crippen MR) is 97.8 cm³/mol. The maximum atomic E-state index is 12.2. The number of rotatable bonds is 5. The van der Waals surface area contributed by atoms with Crippen molar-refractivity contribution in [1.82, 2.24) is 10.6 Å². The minimum absolute atomic E-state index is 0.293. The molecule has 0 radical (unpaired) electrons. The molecule has 0 saturated carbocycles. The normalized spacial score (nSPS) is 10.1. The second kappa shape index (κ2) is 8.80. The van der Waals surface area contributed by atoms with Crippen molar-refractivity contribution in [2.75, 3.05) is 6.61 Å². The quantitative estimate of drug-likeness (QED) is 0.809. The highest BCUT2D eigenvalue weighted by Crippen LogP contribution is 2.17. The van der Waals surface area contributed by atoms with Gasteiger partial charge in [-0.2, -0.15) is 0 Å². The van der Waals surface area contributed by atoms with E-state index in [0.717, 1.165) is 22.3 Å². The summed E-state index contributed by atoms with van der Waals surface area (Å²) in [4.78, 5) is 35.7. The number of benzene rings is 2. The average molecular weight is 354 g/mol. The molecule has 0 aliphatic carbocycles. The Balaban J connectivity index is 1.81. The van der Waals surface area contributed by atoms with Gasteiger partial charge in [0.15, 0.2) is 6.61 Å². The van der Waals surface area contributed by atoms with Crippen molar-refractivity contribution in [3.05, 3.63) is 70.3 Å². The molecule has 2 N–H and O–H groups in total. The number of esters is 1. The molecule has 0 bridgehead atoms. The van der Waals surface area contributed by atoms with Gasteiger partial charge in [-0.05, 0) is 37.5 Å². The lowest BCUT2D eigenvalue weighted by Gasteiger charge is -2.11. The first-order valence-corrected chi connectivity index (χ1v) is 8.23. The van der Waals surface area contributed by atoms with E-state index in [4.69, 9.17) is 4.74 Å². The third-order valence-electron chi connectivity index (χ3n) is 3.76. The number of ether oxygens (including phenoxy) is 1. The third kappa shape index (κ3) is 5.44. The van der Waals surface area contributed by atoms with E-state index < -0.39 is 24.5 Å². The number of nitrogens with one attached hydrogen (secondary N) is 2. The van der Waals surface area contributed by atoms with Crippen molar-refractivity contribution in [1.29, 1.82) is 0 Å². The van der Waals surface area contributed by atoms with Crippen LogP contribution >= 0.6 is 0 Å². The molecule has 0 heterocycles. The Bertz CT molecular complexity index is 793. The first-order valence-electron chi connectivity index (χ1n) is 8.23. The minimum atomic E-state index is -0.689. The van der Waals surface area contributed by atoms with Crippen molar-refractivity contribution >= 4 is 17.9 Å². The fraction of sp³-hybridized carbons (Fsp3) is 0.250. The summed E-state index contributed by atoms with van der Waals surface area (Å²) in [6.07, 6.45) is 0. The van der Waals surface area contributed by atoms with Crippen LogP contribution in [0.25, 0.3) is 0 Å². The molecular weight excluding hydrogens is 332 g/mol. The SMILES string of the molecule is Cc1cc(C)c(C(=O)OCC(=O)NC(=O)NCc2ccccc2)c(C)c1. The molecule has 0 unspecified atom stereocenters. The highest BCUT2D eigenvalue weighted by molar-refractivity contribution is 5.97. The predicted octanol–water partition coefficient (Wildman–Crippen LogP) is 2.79. The summed E-state index contributed by atoms with van der Waals surface area (Å²) < 4.78 is 5.02. The third-order valence-corrected chi connectivity index (χ3v) is 3.76. The Morgan fingerprint density at radius 2 is 1.58 bits per heavy atom. The molecule has 0 aromatic heterocycles. The van der Waals surface area contributed by atoms with Gasteiger partial charge in [0.25, 0.3) is 5.91 Å². The molecule has 0 aliphatic rings. The molecule has 136 valence electrons. The lowest BCUT2D eigenvalue weighted by molar-refractivity contribution is -0.123. The fourth-order valence-electron chi connectivity index (χ4n) is 2.69. The van der Waals surface area contributed by atoms with Gasteiger partial charge in [-0.25, -0.2) is 9.59 Å². The molecule has 2 rings (SSSR count). The van der Waals surface area contributed by atoms with E-state index in [1.54, 1.807) is 0 Å². The summed E-state index contributed by atoms with van der Waals surface area (Å²) in [5.41, 5.74) is 3.97. The summed E-state index contributed by atoms with van der Waals surface area (Å²) >= 11 is 0. The van der Waals surface area contributed by atoms with Gasteiger partial charge in [0.2, 0.25) is 0 Å². The molecule has 0 atom stereocenters. The van der Waals surface area contributed by atoms with Gasteiger partial charge in [0.1, 0.15) is 0 Å². The van der Waals surface area contributed by atoms with Gasteiger partial charge >= 0.3 is 12.0 Å². The van der Waals surface area contributed by atoms with Crippen LogP contribution in [-0.4, -0.2) is 24.5 Å². The summed E-state index contributed by atoms with van der Waals surface area (Å²) in [5.74, 6) is -1.27. The van der Waals surface area contributed by atoms with Crippen LogP contribution in [0.15, 0.2) is 42.5 Å². The Hall–Kier alpha value is -3.15. The number of amides is 3. The largest absolute Gasteiger partial charge is 0.452 e. The topological polar surface area (TPSA) is 84.5 Å². The van der Waals surface area contributed by atoms with Crippen LogP contribution in [0.3, 0.4) is 0 Å². The Kier molecular flexibility index (Phi) is 6.49. The van der Waals surface area contributed by atoms with E-state index in [0.29, 0.717) is 12.1 Å². The first kappa shape index (κ1) is 19.2. The second-order valence-corrected chi connectivity index (χ2v) is 6.07. The fourth-order valence-corrected chi connectivity index (χ4v) is 2.69. The zero-order valence-corrected chi connectivity index (χ0v) is 15.1. The van der Waals surface area contributed by atoms with Crippen molar-refractivity contribution in [2.24, 2.45) is 0 Å². The van der Waals surface area contributed by atoms with Crippen molar-refractivity contribution in [2.45, 2.75) is 27.3 Å². The molecule has 0 spiro atoms. The minimum Gasteiger partial charge on any atom is -0.452 e. The Labute approximate surface area is 152 Å². The van der Waals surface area contributed by atoms with E-state index in [1.165, 1.54) is 0 Å². The first-order chi connectivity index (χ1) is 12.4. The maximum Gasteiger partial charge on any atom is 0.339 e. The smallest absolute Gasteiger partial charge is 0.339 e. The molecule has 2 aromatic rings. The molecule has 0 saturated heterocycles. The highest BCUT2D eigenvalue weighted by atomic mass is 16.5. The Morgan fingerprint density at radius 3 is 2.19 bits per heavy atom. The van der Waals surface area contributed by atoms with Crippen molar-refractivity contribution in [3.8, 4) is 0 Å². The van der Waals surface area contributed by atoms with E-state index >= 15 is 0 Å². The zero-order valence-electron chi connectivity index (χ0n) is 15.1. The number of carbonyl (C=O) groups excluding carboxylic acids is 3. The highest BCUT2D eigenvalue weighted by Gasteiger charge is 2.16. The van der Waals surface area contributed by atoms with Crippen LogP contribution in [0.4, 0.5) is 4.79 Å². The van der Waals surface area contributed by atoms with Crippen LogP contribution in [-0.2, 0) is 16.1 Å². The number of carbonyl (C=O) groups is 3. The van der Waals surface area contributed by atoms with Gasteiger partial charge in [0, 0.05) is 6.54 Å². The van der Waals surface area contributed by atoms with Crippen molar-refractivity contribution < 1.29 is 19.1 Å². The number of imide groups is 1. The van der Waals surface area contributed by atoms with E-state index in [2.05, 4.69) is 10.6 Å². The lowest BCUT2D eigenvalue weighted by Crippen LogP contribution is -2.41. The van der Waals surface area contributed by atoms with Crippen LogP contribution in [0.5, 0.6) is 0 Å². The van der Waals surface area contributed by atoms with E-state index in [9.17, 15) is 14.4 Å². The average Bonchev–Trinajstić information content (AvgIpc) is 2.58. The summed E-state index contributed by atoms with van der Waals surface area (Å²) in [6.45, 7) is 5.34.